The standard InChI is InChI=1S/C21H15ClN6O2S/c1-12-5-6-14(9-16(12)22)28-20(30)15-10-23-26-19(15)25-21(28)31-11-13-8-18(29)27-7-3-2-4-17(27)24-13/h2-10H,11H2,1H3,(H,23,26). The van der Waals surface area contributed by atoms with E-state index < -0.39 is 0 Å². The van der Waals surface area contributed by atoms with Crippen LogP contribution in [0, 0.1) is 6.92 Å². The van der Waals surface area contributed by atoms with E-state index in [-0.39, 0.29) is 11.1 Å². The molecule has 31 heavy (non-hydrogen) atoms. The van der Waals surface area contributed by atoms with Gasteiger partial charge in [0.25, 0.3) is 11.1 Å². The van der Waals surface area contributed by atoms with E-state index in [9.17, 15) is 9.59 Å². The molecule has 0 bridgehead atoms. The van der Waals surface area contributed by atoms with Crippen molar-refractivity contribution in [1.82, 2.24) is 29.1 Å². The first kappa shape index (κ1) is 19.5. The molecule has 0 amide bonds. The van der Waals surface area contributed by atoms with Gasteiger partial charge in [-0.15, -0.1) is 0 Å². The minimum Gasteiger partial charge on any atom is -0.269 e. The lowest BCUT2D eigenvalue weighted by atomic mass is 10.2. The molecule has 10 heteroatoms. The molecule has 0 radical (unpaired) electrons. The number of thioether (sulfide) groups is 1. The number of hydrogen-bond acceptors (Lipinski definition) is 6. The molecule has 154 valence electrons. The molecule has 0 aliphatic rings. The van der Waals surface area contributed by atoms with Gasteiger partial charge in [0.1, 0.15) is 11.0 Å². The number of benzene rings is 1. The Morgan fingerprint density at radius 2 is 2.00 bits per heavy atom. The molecule has 0 aliphatic heterocycles. The van der Waals surface area contributed by atoms with Crippen molar-refractivity contribution in [3.05, 3.63) is 91.8 Å². The second-order valence-corrected chi connectivity index (χ2v) is 8.25. The first-order valence-electron chi connectivity index (χ1n) is 9.34. The second-order valence-electron chi connectivity index (χ2n) is 6.90. The Hall–Kier alpha value is -3.43. The van der Waals surface area contributed by atoms with Crippen molar-refractivity contribution in [2.45, 2.75) is 17.8 Å². The van der Waals surface area contributed by atoms with E-state index in [1.807, 2.05) is 25.1 Å². The van der Waals surface area contributed by atoms with Gasteiger partial charge in [0.15, 0.2) is 10.8 Å². The Morgan fingerprint density at radius 1 is 1.13 bits per heavy atom. The van der Waals surface area contributed by atoms with Gasteiger partial charge in [-0.05, 0) is 36.8 Å². The number of aromatic nitrogens is 6. The SMILES string of the molecule is Cc1ccc(-n2c(SCc3cc(=O)n4ccccc4n3)nc3[nH]ncc3c2=O)cc1Cl. The summed E-state index contributed by atoms with van der Waals surface area (Å²) in [6.45, 7) is 1.89. The fourth-order valence-corrected chi connectivity index (χ4v) is 4.31. The number of hydrogen-bond donors (Lipinski definition) is 1. The lowest BCUT2D eigenvalue weighted by Gasteiger charge is -2.13. The van der Waals surface area contributed by atoms with E-state index in [4.69, 9.17) is 11.6 Å². The average Bonchev–Trinajstić information content (AvgIpc) is 3.24. The highest BCUT2D eigenvalue weighted by Gasteiger charge is 2.16. The summed E-state index contributed by atoms with van der Waals surface area (Å²) in [5, 5.41) is 8.06. The van der Waals surface area contributed by atoms with Gasteiger partial charge in [-0.2, -0.15) is 5.10 Å². The lowest BCUT2D eigenvalue weighted by Crippen LogP contribution is -2.21. The molecule has 4 aromatic heterocycles. The molecule has 0 fully saturated rings. The van der Waals surface area contributed by atoms with E-state index >= 15 is 0 Å². The molecule has 8 nitrogen and oxygen atoms in total. The third kappa shape index (κ3) is 3.51. The Morgan fingerprint density at radius 3 is 2.84 bits per heavy atom. The van der Waals surface area contributed by atoms with Gasteiger partial charge < -0.3 is 0 Å². The van der Waals surface area contributed by atoms with Crippen molar-refractivity contribution in [3.63, 3.8) is 0 Å². The molecule has 1 N–H and O–H groups in total. The summed E-state index contributed by atoms with van der Waals surface area (Å²) in [4.78, 5) is 34.7. The fourth-order valence-electron chi connectivity index (χ4n) is 3.23. The summed E-state index contributed by atoms with van der Waals surface area (Å²) in [6, 6.07) is 12.3. The molecule has 0 spiro atoms. The number of aromatic amines is 1. The summed E-state index contributed by atoms with van der Waals surface area (Å²) in [6.07, 6.45) is 3.13. The Labute approximate surface area is 184 Å². The fraction of sp³-hybridized carbons (Fsp3) is 0.0952. The van der Waals surface area contributed by atoms with Crippen molar-refractivity contribution in [2.75, 3.05) is 0 Å². The first-order chi connectivity index (χ1) is 15.0. The van der Waals surface area contributed by atoms with Crippen LogP contribution in [-0.4, -0.2) is 29.1 Å². The maximum absolute atomic E-state index is 13.2. The summed E-state index contributed by atoms with van der Waals surface area (Å²) in [7, 11) is 0. The lowest BCUT2D eigenvalue weighted by molar-refractivity contribution is 0.815. The maximum atomic E-state index is 13.2. The molecule has 0 saturated heterocycles. The zero-order chi connectivity index (χ0) is 21.5. The molecule has 5 rings (SSSR count). The van der Waals surface area contributed by atoms with Crippen molar-refractivity contribution < 1.29 is 0 Å². The molecule has 5 aromatic rings. The van der Waals surface area contributed by atoms with Gasteiger partial charge in [0, 0.05) is 23.0 Å². The Kier molecular flexibility index (Phi) is 4.84. The van der Waals surface area contributed by atoms with Crippen LogP contribution >= 0.6 is 23.4 Å². The molecule has 0 unspecified atom stereocenters. The van der Waals surface area contributed by atoms with Crippen LogP contribution in [0.1, 0.15) is 11.3 Å². The van der Waals surface area contributed by atoms with Gasteiger partial charge in [-0.1, -0.05) is 35.5 Å². The van der Waals surface area contributed by atoms with Gasteiger partial charge in [-0.25, -0.2) is 9.97 Å². The number of halogens is 1. The monoisotopic (exact) mass is 450 g/mol. The van der Waals surface area contributed by atoms with Crippen LogP contribution in [0.3, 0.4) is 0 Å². The van der Waals surface area contributed by atoms with Crippen LogP contribution in [0.25, 0.3) is 22.4 Å². The molecule has 4 heterocycles. The molecule has 0 saturated carbocycles. The minimum atomic E-state index is -0.257. The van der Waals surface area contributed by atoms with Gasteiger partial charge in [0.05, 0.1) is 17.6 Å². The third-order valence-corrected chi connectivity index (χ3v) is 6.22. The normalized spacial score (nSPS) is 11.4. The van der Waals surface area contributed by atoms with Crippen LogP contribution in [0.4, 0.5) is 0 Å². The number of pyridine rings is 1. The Balaban J connectivity index is 1.60. The van der Waals surface area contributed by atoms with Gasteiger partial charge in [0.2, 0.25) is 0 Å². The largest absolute Gasteiger partial charge is 0.269 e. The van der Waals surface area contributed by atoms with E-state index in [0.717, 1.165) is 5.56 Å². The maximum Gasteiger partial charge on any atom is 0.269 e. The van der Waals surface area contributed by atoms with E-state index in [1.54, 1.807) is 24.4 Å². The smallest absolute Gasteiger partial charge is 0.269 e. The Bertz CT molecular complexity index is 1570. The zero-order valence-corrected chi connectivity index (χ0v) is 17.8. The predicted molar refractivity (Wildman–Crippen MR) is 120 cm³/mol. The van der Waals surface area contributed by atoms with Crippen LogP contribution in [0.15, 0.2) is 69.6 Å². The number of rotatable bonds is 4. The first-order valence-corrected chi connectivity index (χ1v) is 10.7. The van der Waals surface area contributed by atoms with E-state index in [2.05, 4.69) is 20.2 Å². The quantitative estimate of drug-likeness (QED) is 0.333. The van der Waals surface area contributed by atoms with Crippen LogP contribution in [-0.2, 0) is 5.75 Å². The summed E-state index contributed by atoms with van der Waals surface area (Å²) in [5.41, 5.74) is 2.64. The highest BCUT2D eigenvalue weighted by molar-refractivity contribution is 7.98. The predicted octanol–water partition coefficient (Wildman–Crippen LogP) is 3.37. The van der Waals surface area contributed by atoms with Crippen molar-refractivity contribution in [3.8, 4) is 5.69 Å². The number of aryl methyl sites for hydroxylation is 1. The van der Waals surface area contributed by atoms with Crippen molar-refractivity contribution in [2.24, 2.45) is 0 Å². The zero-order valence-electron chi connectivity index (χ0n) is 16.2. The van der Waals surface area contributed by atoms with Crippen LogP contribution in [0.5, 0.6) is 0 Å². The molecule has 0 atom stereocenters. The highest BCUT2D eigenvalue weighted by Crippen LogP contribution is 2.25. The summed E-state index contributed by atoms with van der Waals surface area (Å²) < 4.78 is 2.98. The average molecular weight is 451 g/mol. The number of H-pyrrole nitrogens is 1. The number of nitrogens with zero attached hydrogens (tertiary/aromatic N) is 5. The van der Waals surface area contributed by atoms with Crippen LogP contribution in [0.2, 0.25) is 5.02 Å². The van der Waals surface area contributed by atoms with E-state index in [1.165, 1.54) is 33.0 Å². The summed E-state index contributed by atoms with van der Waals surface area (Å²) >= 11 is 7.61. The number of fused-ring (bicyclic) bond motifs is 2. The van der Waals surface area contributed by atoms with Gasteiger partial charge in [-0.3, -0.25) is 23.7 Å². The molecular weight excluding hydrogens is 436 g/mol. The third-order valence-electron chi connectivity index (χ3n) is 4.84. The topological polar surface area (TPSA) is 97.9 Å². The molecule has 1 aromatic carbocycles. The molecular formula is C21H15ClN6O2S. The minimum absolute atomic E-state index is 0.166. The second kappa shape index (κ2) is 7.68. The highest BCUT2D eigenvalue weighted by atomic mass is 35.5. The van der Waals surface area contributed by atoms with E-state index in [0.29, 0.717) is 44.0 Å². The number of nitrogens with one attached hydrogen (secondary N) is 1. The van der Waals surface area contributed by atoms with Gasteiger partial charge >= 0.3 is 0 Å². The molecule has 0 aliphatic carbocycles. The van der Waals surface area contributed by atoms with Crippen molar-refractivity contribution in [1.29, 1.82) is 0 Å². The van der Waals surface area contributed by atoms with Crippen molar-refractivity contribution >= 4 is 40.0 Å². The van der Waals surface area contributed by atoms with Crippen LogP contribution < -0.4 is 11.1 Å². The summed E-state index contributed by atoms with van der Waals surface area (Å²) in [5.74, 6) is 0.353.